The van der Waals surface area contributed by atoms with E-state index in [4.69, 9.17) is 10.5 Å². The molecule has 29 heavy (non-hydrogen) atoms. The molecule has 154 valence electrons. The van der Waals surface area contributed by atoms with Crippen LogP contribution in [0.4, 0.5) is 15.8 Å². The highest BCUT2D eigenvalue weighted by Gasteiger charge is 2.45. The van der Waals surface area contributed by atoms with Gasteiger partial charge in [-0.3, -0.25) is 4.79 Å². The smallest absolute Gasteiger partial charge is 0.176 e. The summed E-state index contributed by atoms with van der Waals surface area (Å²) in [4.78, 5) is 16.8. The minimum Gasteiger partial charge on any atom is -0.492 e. The number of ketones is 1. The van der Waals surface area contributed by atoms with Gasteiger partial charge in [0.25, 0.3) is 0 Å². The lowest BCUT2D eigenvalue weighted by molar-refractivity contribution is -0.112. The third-order valence-corrected chi connectivity index (χ3v) is 7.58. The van der Waals surface area contributed by atoms with Gasteiger partial charge >= 0.3 is 0 Å². The van der Waals surface area contributed by atoms with Gasteiger partial charge in [0.1, 0.15) is 5.69 Å². The Kier molecular flexibility index (Phi) is 4.44. The first-order chi connectivity index (χ1) is 13.9. The van der Waals surface area contributed by atoms with Crippen LogP contribution in [0, 0.1) is 11.7 Å². The summed E-state index contributed by atoms with van der Waals surface area (Å²) in [5.74, 6) is 1.05. The Morgan fingerprint density at radius 1 is 1.34 bits per heavy atom. The summed E-state index contributed by atoms with van der Waals surface area (Å²) < 4.78 is 21.3. The van der Waals surface area contributed by atoms with Gasteiger partial charge in [0.15, 0.2) is 17.3 Å². The molecule has 2 fully saturated rings. The molecule has 1 saturated carbocycles. The van der Waals surface area contributed by atoms with E-state index in [0.29, 0.717) is 45.9 Å². The normalized spacial score (nSPS) is 24.9. The number of nitrogens with two attached hydrogens (primary N) is 1. The highest BCUT2D eigenvalue weighted by atomic mass is 32.2. The van der Waals surface area contributed by atoms with E-state index >= 15 is 4.39 Å². The minimum atomic E-state index is -0.329. The third-order valence-electron chi connectivity index (χ3n) is 6.50. The fraction of sp³-hybridized carbons (Fsp3) is 0.500. The Morgan fingerprint density at radius 2 is 2.10 bits per heavy atom. The molecule has 0 bridgehead atoms. The third kappa shape index (κ3) is 2.81. The maximum atomic E-state index is 15.4. The van der Waals surface area contributed by atoms with Crippen molar-refractivity contribution in [2.75, 3.05) is 35.8 Å². The quantitative estimate of drug-likeness (QED) is 0.812. The number of carbonyl (C=O) groups excluding carboxylic acids is 1. The molecule has 0 amide bonds. The van der Waals surface area contributed by atoms with Crippen LogP contribution in [0.1, 0.15) is 31.7 Å². The molecule has 1 aliphatic carbocycles. The molecule has 2 atom stereocenters. The van der Waals surface area contributed by atoms with Crippen LogP contribution in [0.25, 0.3) is 5.57 Å². The zero-order valence-corrected chi connectivity index (χ0v) is 17.7. The number of nitrogens with zero attached hydrogens (tertiary/aromatic N) is 2. The molecule has 5 nitrogen and oxygen atoms in total. The number of thioether (sulfide) groups is 1. The maximum absolute atomic E-state index is 15.4. The summed E-state index contributed by atoms with van der Waals surface area (Å²) >= 11 is 1.56. The van der Waals surface area contributed by atoms with Crippen LogP contribution in [-0.4, -0.2) is 43.8 Å². The second kappa shape index (κ2) is 6.77. The SMILES string of the molecule is C=C1C2=C(SCC2=O)N(C2CC2)c2c1cc(F)c(N1CC[C@@H]([C@H](C)N)C1)c2OC. The Hall–Kier alpha value is -1.99. The molecule has 0 aromatic heterocycles. The van der Waals surface area contributed by atoms with Crippen LogP contribution < -0.4 is 20.3 Å². The topological polar surface area (TPSA) is 58.8 Å². The van der Waals surface area contributed by atoms with Crippen molar-refractivity contribution in [1.29, 1.82) is 0 Å². The summed E-state index contributed by atoms with van der Waals surface area (Å²) in [7, 11) is 1.60. The predicted octanol–water partition coefficient (Wildman–Crippen LogP) is 3.53. The standard InChI is InChI=1S/C22H26FN3O2S/c1-11-15-8-16(23)20(25-7-6-13(9-25)12(2)24)21(28-3)19(15)26(14-4-5-14)22-18(11)17(27)10-29-22/h8,12-14H,1,4-7,9-10,24H2,2-3H3/t12-,13+/m0/s1. The molecule has 5 rings (SSSR count). The maximum Gasteiger partial charge on any atom is 0.176 e. The fourth-order valence-corrected chi connectivity index (χ4v) is 5.96. The van der Waals surface area contributed by atoms with Crippen LogP contribution in [-0.2, 0) is 4.79 Å². The van der Waals surface area contributed by atoms with Gasteiger partial charge in [0, 0.05) is 30.7 Å². The van der Waals surface area contributed by atoms with Gasteiger partial charge in [-0.25, -0.2) is 4.39 Å². The largest absolute Gasteiger partial charge is 0.492 e. The summed E-state index contributed by atoms with van der Waals surface area (Å²) in [6.45, 7) is 7.65. The number of hydrogen-bond acceptors (Lipinski definition) is 6. The van der Waals surface area contributed by atoms with E-state index in [2.05, 4.69) is 16.4 Å². The van der Waals surface area contributed by atoms with Crippen molar-refractivity contribution < 1.29 is 13.9 Å². The van der Waals surface area contributed by atoms with E-state index in [1.165, 1.54) is 0 Å². The lowest BCUT2D eigenvalue weighted by Crippen LogP contribution is -2.32. The van der Waals surface area contributed by atoms with Crippen molar-refractivity contribution >= 4 is 34.5 Å². The predicted molar refractivity (Wildman–Crippen MR) is 116 cm³/mol. The molecule has 3 aliphatic heterocycles. The molecule has 1 saturated heterocycles. The number of rotatable bonds is 4. The number of carbonyl (C=O) groups is 1. The van der Waals surface area contributed by atoms with E-state index in [9.17, 15) is 4.79 Å². The van der Waals surface area contributed by atoms with Gasteiger partial charge in [-0.2, -0.15) is 0 Å². The molecule has 2 N–H and O–H groups in total. The molecule has 0 spiro atoms. The molecule has 3 heterocycles. The molecule has 0 unspecified atom stereocenters. The van der Waals surface area contributed by atoms with Crippen molar-refractivity contribution in [3.63, 3.8) is 0 Å². The van der Waals surface area contributed by atoms with Gasteiger partial charge < -0.3 is 20.3 Å². The fourth-order valence-electron chi connectivity index (χ4n) is 4.79. The van der Waals surface area contributed by atoms with Crippen molar-refractivity contribution in [3.05, 3.63) is 34.6 Å². The molecule has 4 aliphatic rings. The van der Waals surface area contributed by atoms with Gasteiger partial charge in [-0.1, -0.05) is 18.3 Å². The zero-order valence-electron chi connectivity index (χ0n) is 16.8. The van der Waals surface area contributed by atoms with Crippen molar-refractivity contribution in [1.82, 2.24) is 0 Å². The second-order valence-electron chi connectivity index (χ2n) is 8.46. The molecular weight excluding hydrogens is 389 g/mol. The highest BCUT2D eigenvalue weighted by Crippen LogP contribution is 2.57. The number of halogens is 1. The monoisotopic (exact) mass is 415 g/mol. The van der Waals surface area contributed by atoms with Crippen LogP contribution >= 0.6 is 11.8 Å². The van der Waals surface area contributed by atoms with Crippen molar-refractivity contribution in [2.24, 2.45) is 11.7 Å². The number of methoxy groups -OCH3 is 1. The first kappa shape index (κ1) is 19.0. The number of Topliss-reactive ketones (excluding diaryl/α,β-unsaturated/α-hetero) is 1. The van der Waals surface area contributed by atoms with E-state index in [0.717, 1.165) is 43.1 Å². The first-order valence-corrected chi connectivity index (χ1v) is 11.2. The Bertz CT molecular complexity index is 954. The summed E-state index contributed by atoms with van der Waals surface area (Å²) in [5.41, 5.74) is 9.41. The van der Waals surface area contributed by atoms with E-state index in [-0.39, 0.29) is 17.6 Å². The van der Waals surface area contributed by atoms with E-state index in [1.54, 1.807) is 24.9 Å². The summed E-state index contributed by atoms with van der Waals surface area (Å²) in [6.07, 6.45) is 3.06. The molecule has 1 aromatic rings. The Balaban J connectivity index is 1.67. The molecule has 7 heteroatoms. The van der Waals surface area contributed by atoms with Crippen molar-refractivity contribution in [2.45, 2.75) is 38.3 Å². The summed E-state index contributed by atoms with van der Waals surface area (Å²) in [6, 6.07) is 1.94. The highest BCUT2D eigenvalue weighted by molar-refractivity contribution is 8.04. The van der Waals surface area contributed by atoms with Gasteiger partial charge in [-0.05, 0) is 43.7 Å². The second-order valence-corrected chi connectivity index (χ2v) is 9.43. The number of fused-ring (bicyclic) bond motifs is 1. The number of allylic oxidation sites excluding steroid dienone is 2. The van der Waals surface area contributed by atoms with Crippen LogP contribution in [0.15, 0.2) is 23.2 Å². The molecule has 0 radical (unpaired) electrons. The van der Waals surface area contributed by atoms with E-state index < -0.39 is 0 Å². The number of anilines is 2. The van der Waals surface area contributed by atoms with E-state index in [1.807, 2.05) is 6.92 Å². The minimum absolute atomic E-state index is 0.0723. The average Bonchev–Trinajstić information content (AvgIpc) is 3.26. The summed E-state index contributed by atoms with van der Waals surface area (Å²) in [5, 5.41) is 0.959. The first-order valence-electron chi connectivity index (χ1n) is 10.2. The van der Waals surface area contributed by atoms with Crippen LogP contribution in [0.5, 0.6) is 5.75 Å². The van der Waals surface area contributed by atoms with Crippen LogP contribution in [0.3, 0.4) is 0 Å². The van der Waals surface area contributed by atoms with Gasteiger partial charge in [-0.15, -0.1) is 0 Å². The molecule has 1 aromatic carbocycles. The van der Waals surface area contributed by atoms with Crippen molar-refractivity contribution in [3.8, 4) is 5.75 Å². The Labute approximate surface area is 174 Å². The lowest BCUT2D eigenvalue weighted by atomic mass is 9.91. The molecular formula is C22H26FN3O2S. The number of ether oxygens (including phenoxy) is 1. The average molecular weight is 416 g/mol. The van der Waals surface area contributed by atoms with Crippen LogP contribution in [0.2, 0.25) is 0 Å². The Morgan fingerprint density at radius 3 is 2.72 bits per heavy atom. The zero-order chi connectivity index (χ0) is 20.4. The number of hydrogen-bond donors (Lipinski definition) is 1. The number of benzene rings is 1. The lowest BCUT2D eigenvalue weighted by Gasteiger charge is -2.36. The van der Waals surface area contributed by atoms with Gasteiger partial charge in [0.05, 0.1) is 29.2 Å². The van der Waals surface area contributed by atoms with Gasteiger partial charge in [0.2, 0.25) is 0 Å².